The van der Waals surface area contributed by atoms with Gasteiger partial charge in [-0.15, -0.1) is 0 Å². The Labute approximate surface area is 164 Å². The van der Waals surface area contributed by atoms with Crippen molar-refractivity contribution in [3.8, 4) is 11.3 Å². The van der Waals surface area contributed by atoms with Gasteiger partial charge in [0.1, 0.15) is 6.04 Å². The number of nitrogens with zero attached hydrogens (tertiary/aromatic N) is 1. The van der Waals surface area contributed by atoms with Crippen LogP contribution in [-0.2, 0) is 19.1 Å². The van der Waals surface area contributed by atoms with Crippen molar-refractivity contribution in [3.63, 3.8) is 0 Å². The molecular weight excluding hydrogens is 360 g/mol. The second-order valence-corrected chi connectivity index (χ2v) is 5.92. The molecule has 0 aliphatic heterocycles. The van der Waals surface area contributed by atoms with Gasteiger partial charge in [0.2, 0.25) is 0 Å². The van der Waals surface area contributed by atoms with Gasteiger partial charge in [0, 0.05) is 18.2 Å². The van der Waals surface area contributed by atoms with Crippen molar-refractivity contribution in [2.75, 3.05) is 13.2 Å². The van der Waals surface area contributed by atoms with Gasteiger partial charge in [-0.3, -0.25) is 14.6 Å². The number of benzene rings is 1. The third kappa shape index (κ3) is 6.19. The Morgan fingerprint density at radius 3 is 2.32 bits per heavy atom. The Hall–Kier alpha value is -3.22. The lowest BCUT2D eigenvalue weighted by Gasteiger charge is -2.17. The Kier molecular flexibility index (Phi) is 8.14. The van der Waals surface area contributed by atoms with Crippen molar-refractivity contribution < 1.29 is 23.9 Å². The van der Waals surface area contributed by atoms with E-state index < -0.39 is 23.9 Å². The van der Waals surface area contributed by atoms with Crippen molar-refractivity contribution in [2.24, 2.45) is 0 Å². The summed E-state index contributed by atoms with van der Waals surface area (Å²) in [5.41, 5.74) is 1.99. The molecule has 0 radical (unpaired) electrons. The molecule has 2 aromatic rings. The van der Waals surface area contributed by atoms with Gasteiger partial charge in [0.15, 0.2) is 0 Å². The van der Waals surface area contributed by atoms with Crippen molar-refractivity contribution in [1.29, 1.82) is 0 Å². The highest BCUT2D eigenvalue weighted by Crippen LogP contribution is 2.16. The van der Waals surface area contributed by atoms with Gasteiger partial charge >= 0.3 is 11.9 Å². The summed E-state index contributed by atoms with van der Waals surface area (Å²) in [6.45, 7) is 3.82. The van der Waals surface area contributed by atoms with Gasteiger partial charge in [-0.25, -0.2) is 4.79 Å². The summed E-state index contributed by atoms with van der Waals surface area (Å²) in [5, 5.41) is 2.61. The normalized spacial score (nSPS) is 11.4. The highest BCUT2D eigenvalue weighted by molar-refractivity contribution is 5.96. The third-order valence-electron chi connectivity index (χ3n) is 3.91. The zero-order valence-electron chi connectivity index (χ0n) is 16.0. The maximum absolute atomic E-state index is 12.5. The first kappa shape index (κ1) is 21.1. The van der Waals surface area contributed by atoms with E-state index in [-0.39, 0.29) is 26.1 Å². The van der Waals surface area contributed by atoms with Crippen LogP contribution in [0.15, 0.2) is 48.7 Å². The monoisotopic (exact) mass is 384 g/mol. The maximum atomic E-state index is 12.5. The maximum Gasteiger partial charge on any atom is 0.328 e. The van der Waals surface area contributed by atoms with Gasteiger partial charge in [-0.2, -0.15) is 0 Å². The highest BCUT2D eigenvalue weighted by Gasteiger charge is 2.24. The quantitative estimate of drug-likeness (QED) is 0.668. The first-order valence-electron chi connectivity index (χ1n) is 9.19. The standard InChI is InChI=1S/C21H24N2O5/c1-3-27-19(24)13-12-18(21(26)28-4-2)23-20(25)16-10-11-17(22-14-16)15-8-6-5-7-9-15/h5-11,14,18H,3-4,12-13H2,1-2H3,(H,23,25)/t18-/m1/s1. The topological polar surface area (TPSA) is 94.6 Å². The largest absolute Gasteiger partial charge is 0.466 e. The zero-order valence-corrected chi connectivity index (χ0v) is 16.0. The molecule has 1 aromatic carbocycles. The van der Waals surface area contributed by atoms with Crippen molar-refractivity contribution in [1.82, 2.24) is 10.3 Å². The summed E-state index contributed by atoms with van der Waals surface area (Å²) in [7, 11) is 0. The molecule has 1 atom stereocenters. The second-order valence-electron chi connectivity index (χ2n) is 5.92. The van der Waals surface area contributed by atoms with Crippen molar-refractivity contribution in [2.45, 2.75) is 32.7 Å². The number of hydrogen-bond acceptors (Lipinski definition) is 6. The van der Waals surface area contributed by atoms with Crippen molar-refractivity contribution >= 4 is 17.8 Å². The molecule has 148 valence electrons. The minimum Gasteiger partial charge on any atom is -0.466 e. The summed E-state index contributed by atoms with van der Waals surface area (Å²) in [6.07, 6.45) is 1.55. The van der Waals surface area contributed by atoms with Gasteiger partial charge in [-0.1, -0.05) is 30.3 Å². The fourth-order valence-corrected chi connectivity index (χ4v) is 2.54. The number of nitrogens with one attached hydrogen (secondary N) is 1. The van der Waals surface area contributed by atoms with E-state index in [0.717, 1.165) is 11.3 Å². The number of rotatable bonds is 9. The van der Waals surface area contributed by atoms with E-state index in [1.807, 2.05) is 30.3 Å². The lowest BCUT2D eigenvalue weighted by Crippen LogP contribution is -2.42. The van der Waals surface area contributed by atoms with Gasteiger partial charge in [0.25, 0.3) is 5.91 Å². The number of carbonyl (C=O) groups excluding carboxylic acids is 3. The second kappa shape index (κ2) is 10.8. The predicted octanol–water partition coefficient (Wildman–Crippen LogP) is 2.75. The molecule has 7 nitrogen and oxygen atoms in total. The molecule has 1 aromatic heterocycles. The lowest BCUT2D eigenvalue weighted by atomic mass is 10.1. The average molecular weight is 384 g/mol. The molecule has 0 saturated carbocycles. The molecular formula is C21H24N2O5. The van der Waals surface area contributed by atoms with E-state index in [1.165, 1.54) is 6.20 Å². The van der Waals surface area contributed by atoms with E-state index in [2.05, 4.69) is 10.3 Å². The number of esters is 2. The van der Waals surface area contributed by atoms with Crippen LogP contribution in [0, 0.1) is 0 Å². The molecule has 0 aliphatic rings. The zero-order chi connectivity index (χ0) is 20.4. The van der Waals surface area contributed by atoms with Crippen LogP contribution in [0.1, 0.15) is 37.0 Å². The van der Waals surface area contributed by atoms with Crippen LogP contribution in [0.5, 0.6) is 0 Å². The third-order valence-corrected chi connectivity index (χ3v) is 3.91. The summed E-state index contributed by atoms with van der Waals surface area (Å²) in [5.74, 6) is -1.48. The molecule has 0 spiro atoms. The number of amides is 1. The first-order chi connectivity index (χ1) is 13.5. The summed E-state index contributed by atoms with van der Waals surface area (Å²) < 4.78 is 9.85. The smallest absolute Gasteiger partial charge is 0.328 e. The number of pyridine rings is 1. The Bertz CT molecular complexity index is 790. The fourth-order valence-electron chi connectivity index (χ4n) is 2.54. The molecule has 0 saturated heterocycles. The van der Waals surface area contributed by atoms with Gasteiger partial charge in [-0.05, 0) is 32.4 Å². The van der Waals surface area contributed by atoms with Crippen LogP contribution in [-0.4, -0.2) is 42.1 Å². The summed E-state index contributed by atoms with van der Waals surface area (Å²) >= 11 is 0. The molecule has 1 amide bonds. The van der Waals surface area contributed by atoms with Crippen LogP contribution in [0.2, 0.25) is 0 Å². The number of aromatic nitrogens is 1. The van der Waals surface area contributed by atoms with E-state index in [1.54, 1.807) is 26.0 Å². The molecule has 2 rings (SSSR count). The van der Waals surface area contributed by atoms with E-state index in [9.17, 15) is 14.4 Å². The Morgan fingerprint density at radius 2 is 1.71 bits per heavy atom. The highest BCUT2D eigenvalue weighted by atomic mass is 16.5. The number of hydrogen-bond donors (Lipinski definition) is 1. The molecule has 28 heavy (non-hydrogen) atoms. The first-order valence-corrected chi connectivity index (χ1v) is 9.19. The molecule has 7 heteroatoms. The van der Waals surface area contributed by atoms with Crippen LogP contribution in [0.25, 0.3) is 11.3 Å². The van der Waals surface area contributed by atoms with Crippen molar-refractivity contribution in [3.05, 3.63) is 54.2 Å². The lowest BCUT2D eigenvalue weighted by molar-refractivity contribution is -0.146. The van der Waals surface area contributed by atoms with Gasteiger partial charge in [0.05, 0.1) is 24.5 Å². The summed E-state index contributed by atoms with van der Waals surface area (Å²) in [4.78, 5) is 40.5. The number of ether oxygens (including phenoxy) is 2. The van der Waals surface area contributed by atoms with E-state index >= 15 is 0 Å². The van der Waals surface area contributed by atoms with Gasteiger partial charge < -0.3 is 14.8 Å². The molecule has 0 fully saturated rings. The van der Waals surface area contributed by atoms with E-state index in [4.69, 9.17) is 9.47 Å². The van der Waals surface area contributed by atoms with Crippen LogP contribution < -0.4 is 5.32 Å². The molecule has 1 heterocycles. The molecule has 0 aliphatic carbocycles. The predicted molar refractivity (Wildman–Crippen MR) is 103 cm³/mol. The minimum atomic E-state index is -0.939. The fraction of sp³-hybridized carbons (Fsp3) is 0.333. The molecule has 0 bridgehead atoms. The van der Waals surface area contributed by atoms with Crippen LogP contribution in [0.3, 0.4) is 0 Å². The Morgan fingerprint density at radius 1 is 1.00 bits per heavy atom. The average Bonchev–Trinajstić information content (AvgIpc) is 2.72. The number of carbonyl (C=O) groups is 3. The SMILES string of the molecule is CCOC(=O)CC[C@@H](NC(=O)c1ccc(-c2ccccc2)nc1)C(=O)OCC. The molecule has 0 unspecified atom stereocenters. The van der Waals surface area contributed by atoms with Crippen LogP contribution in [0.4, 0.5) is 0 Å². The van der Waals surface area contributed by atoms with Crippen LogP contribution >= 0.6 is 0 Å². The minimum absolute atomic E-state index is 0.00277. The summed E-state index contributed by atoms with van der Waals surface area (Å²) in [6, 6.07) is 12.0. The Balaban J connectivity index is 2.04. The van der Waals surface area contributed by atoms with E-state index in [0.29, 0.717) is 5.56 Å². The molecule has 1 N–H and O–H groups in total.